The van der Waals surface area contributed by atoms with Crippen LogP contribution in [0.3, 0.4) is 0 Å². The standard InChI is InChI=1S/C14H17N3O3/c18-12(11-8-15-9-20-11)17-6-3-10-7-14(10,17)13(19)16-4-1-2-5-16/h8-10H,1-7H2. The van der Waals surface area contributed by atoms with E-state index in [1.165, 1.54) is 12.6 Å². The van der Waals surface area contributed by atoms with E-state index in [0.29, 0.717) is 12.5 Å². The lowest BCUT2D eigenvalue weighted by Crippen LogP contribution is -2.51. The lowest BCUT2D eigenvalue weighted by atomic mass is 10.1. The number of carbonyl (C=O) groups excluding carboxylic acids is 2. The van der Waals surface area contributed by atoms with Gasteiger partial charge in [0.05, 0.1) is 6.20 Å². The summed E-state index contributed by atoms with van der Waals surface area (Å²) in [5.74, 6) is 0.508. The summed E-state index contributed by atoms with van der Waals surface area (Å²) in [5.41, 5.74) is -0.575. The number of fused-ring (bicyclic) bond motifs is 1. The number of hydrogen-bond donors (Lipinski definition) is 0. The second-order valence-corrected chi connectivity index (χ2v) is 5.94. The van der Waals surface area contributed by atoms with Crippen molar-refractivity contribution in [3.05, 3.63) is 18.4 Å². The first-order valence-corrected chi connectivity index (χ1v) is 7.23. The number of nitrogens with zero attached hydrogens (tertiary/aromatic N) is 3. The Bertz CT molecular complexity index is 550. The van der Waals surface area contributed by atoms with Crippen molar-refractivity contribution in [3.8, 4) is 0 Å². The maximum atomic E-state index is 12.8. The van der Waals surface area contributed by atoms with E-state index >= 15 is 0 Å². The highest BCUT2D eigenvalue weighted by molar-refractivity contribution is 6.00. The van der Waals surface area contributed by atoms with Gasteiger partial charge in [-0.25, -0.2) is 4.98 Å². The lowest BCUT2D eigenvalue weighted by Gasteiger charge is -2.30. The van der Waals surface area contributed by atoms with Crippen molar-refractivity contribution in [1.82, 2.24) is 14.8 Å². The maximum absolute atomic E-state index is 12.8. The van der Waals surface area contributed by atoms with E-state index in [2.05, 4.69) is 4.98 Å². The van der Waals surface area contributed by atoms with Crippen LogP contribution in [0.15, 0.2) is 17.0 Å². The van der Waals surface area contributed by atoms with Crippen LogP contribution in [-0.4, -0.2) is 51.8 Å². The average Bonchev–Trinajstić information content (AvgIpc) is 3.00. The first kappa shape index (κ1) is 11.9. The number of amides is 2. The van der Waals surface area contributed by atoms with Gasteiger partial charge in [0, 0.05) is 19.6 Å². The molecule has 0 N–H and O–H groups in total. The maximum Gasteiger partial charge on any atom is 0.292 e. The van der Waals surface area contributed by atoms with Gasteiger partial charge in [0.1, 0.15) is 5.54 Å². The molecule has 2 amide bonds. The molecule has 6 heteroatoms. The van der Waals surface area contributed by atoms with Gasteiger partial charge in [0.2, 0.25) is 11.7 Å². The number of aromatic nitrogens is 1. The molecular weight excluding hydrogens is 258 g/mol. The first-order valence-electron chi connectivity index (χ1n) is 7.23. The molecule has 106 valence electrons. The van der Waals surface area contributed by atoms with Gasteiger partial charge in [-0.1, -0.05) is 0 Å². The third kappa shape index (κ3) is 1.47. The second kappa shape index (κ2) is 4.07. The average molecular weight is 275 g/mol. The minimum atomic E-state index is -0.575. The van der Waals surface area contributed by atoms with Crippen molar-refractivity contribution in [3.63, 3.8) is 0 Å². The molecule has 3 fully saturated rings. The highest BCUT2D eigenvalue weighted by Crippen LogP contribution is 2.57. The molecule has 1 saturated carbocycles. The van der Waals surface area contributed by atoms with E-state index in [1.54, 1.807) is 4.90 Å². The van der Waals surface area contributed by atoms with Crippen LogP contribution in [0.25, 0.3) is 0 Å². The molecule has 2 aliphatic heterocycles. The number of carbonyl (C=O) groups is 2. The van der Waals surface area contributed by atoms with Gasteiger partial charge in [-0.2, -0.15) is 0 Å². The molecule has 0 aromatic carbocycles. The van der Waals surface area contributed by atoms with Crippen molar-refractivity contribution in [1.29, 1.82) is 0 Å². The van der Waals surface area contributed by atoms with Crippen molar-refractivity contribution in [2.24, 2.45) is 5.92 Å². The summed E-state index contributed by atoms with van der Waals surface area (Å²) < 4.78 is 5.10. The van der Waals surface area contributed by atoms with Crippen LogP contribution in [0.5, 0.6) is 0 Å². The summed E-state index contributed by atoms with van der Waals surface area (Å²) in [7, 11) is 0. The van der Waals surface area contributed by atoms with Crippen LogP contribution in [-0.2, 0) is 4.79 Å². The van der Waals surface area contributed by atoms with Crippen molar-refractivity contribution >= 4 is 11.8 Å². The fourth-order valence-electron chi connectivity index (χ4n) is 3.78. The minimum absolute atomic E-state index is 0.144. The molecule has 1 aromatic heterocycles. The Labute approximate surface area is 116 Å². The molecule has 2 saturated heterocycles. The smallest absolute Gasteiger partial charge is 0.292 e. The largest absolute Gasteiger partial charge is 0.438 e. The molecule has 0 radical (unpaired) electrons. The molecule has 2 atom stereocenters. The minimum Gasteiger partial charge on any atom is -0.438 e. The molecule has 20 heavy (non-hydrogen) atoms. The third-order valence-electron chi connectivity index (χ3n) is 4.91. The third-order valence-corrected chi connectivity index (χ3v) is 4.91. The molecule has 1 aliphatic carbocycles. The van der Waals surface area contributed by atoms with E-state index < -0.39 is 5.54 Å². The molecule has 1 aromatic rings. The molecule has 3 aliphatic rings. The topological polar surface area (TPSA) is 66.7 Å². The summed E-state index contributed by atoms with van der Waals surface area (Å²) in [5, 5.41) is 0. The summed E-state index contributed by atoms with van der Waals surface area (Å²) in [6, 6.07) is 0. The van der Waals surface area contributed by atoms with Crippen LogP contribution in [0.2, 0.25) is 0 Å². The van der Waals surface area contributed by atoms with Crippen molar-refractivity contribution in [2.75, 3.05) is 19.6 Å². The van der Waals surface area contributed by atoms with Crippen LogP contribution in [0, 0.1) is 5.92 Å². The fourth-order valence-corrected chi connectivity index (χ4v) is 3.78. The van der Waals surface area contributed by atoms with Crippen LogP contribution < -0.4 is 0 Å². The van der Waals surface area contributed by atoms with Crippen LogP contribution in [0.4, 0.5) is 0 Å². The summed E-state index contributed by atoms with van der Waals surface area (Å²) >= 11 is 0. The molecule has 0 spiro atoms. The number of oxazole rings is 1. The Hall–Kier alpha value is -1.85. The van der Waals surface area contributed by atoms with Gasteiger partial charge >= 0.3 is 0 Å². The van der Waals surface area contributed by atoms with Crippen LogP contribution in [0.1, 0.15) is 36.2 Å². The zero-order valence-corrected chi connectivity index (χ0v) is 11.2. The van der Waals surface area contributed by atoms with Gasteiger partial charge in [-0.3, -0.25) is 9.59 Å². The molecule has 6 nitrogen and oxygen atoms in total. The second-order valence-electron chi connectivity index (χ2n) is 5.94. The first-order chi connectivity index (χ1) is 9.73. The number of piperidine rings is 1. The Morgan fingerprint density at radius 1 is 1.30 bits per heavy atom. The Morgan fingerprint density at radius 3 is 2.75 bits per heavy atom. The molecule has 4 rings (SSSR count). The molecular formula is C14H17N3O3. The van der Waals surface area contributed by atoms with E-state index in [4.69, 9.17) is 4.42 Å². The Kier molecular flexibility index (Phi) is 2.43. The quantitative estimate of drug-likeness (QED) is 0.804. The van der Waals surface area contributed by atoms with E-state index in [0.717, 1.165) is 38.8 Å². The number of likely N-dealkylation sites (tertiary alicyclic amines) is 2. The van der Waals surface area contributed by atoms with Crippen molar-refractivity contribution < 1.29 is 14.0 Å². The van der Waals surface area contributed by atoms with E-state index in [1.807, 2.05) is 4.90 Å². The molecule has 0 bridgehead atoms. The monoisotopic (exact) mass is 275 g/mol. The van der Waals surface area contributed by atoms with E-state index in [9.17, 15) is 9.59 Å². The summed E-state index contributed by atoms with van der Waals surface area (Å²) in [4.78, 5) is 32.7. The van der Waals surface area contributed by atoms with Crippen LogP contribution >= 0.6 is 0 Å². The zero-order valence-electron chi connectivity index (χ0n) is 11.2. The lowest BCUT2D eigenvalue weighted by molar-refractivity contribution is -0.136. The summed E-state index contributed by atoms with van der Waals surface area (Å²) in [6.45, 7) is 2.30. The van der Waals surface area contributed by atoms with Gasteiger partial charge in [-0.15, -0.1) is 0 Å². The normalized spacial score (nSPS) is 31.5. The molecule has 3 heterocycles. The predicted molar refractivity (Wildman–Crippen MR) is 68.8 cm³/mol. The SMILES string of the molecule is O=C(c1cnco1)N1CCC2CC21C(=O)N1CCCC1. The van der Waals surface area contributed by atoms with Gasteiger partial charge < -0.3 is 14.2 Å². The predicted octanol–water partition coefficient (Wildman–Crippen LogP) is 0.902. The Morgan fingerprint density at radius 2 is 2.10 bits per heavy atom. The fraction of sp³-hybridized carbons (Fsp3) is 0.643. The highest BCUT2D eigenvalue weighted by atomic mass is 16.3. The summed E-state index contributed by atoms with van der Waals surface area (Å²) in [6.07, 6.45) is 6.54. The van der Waals surface area contributed by atoms with Gasteiger partial charge in [-0.05, 0) is 31.6 Å². The highest BCUT2D eigenvalue weighted by Gasteiger charge is 2.69. The van der Waals surface area contributed by atoms with Gasteiger partial charge in [0.15, 0.2) is 6.39 Å². The van der Waals surface area contributed by atoms with Crippen molar-refractivity contribution in [2.45, 2.75) is 31.2 Å². The van der Waals surface area contributed by atoms with Gasteiger partial charge in [0.25, 0.3) is 5.91 Å². The molecule has 2 unspecified atom stereocenters. The number of hydrogen-bond acceptors (Lipinski definition) is 4. The zero-order chi connectivity index (χ0) is 13.7. The van der Waals surface area contributed by atoms with E-state index in [-0.39, 0.29) is 17.6 Å². The number of rotatable bonds is 2. The Balaban J connectivity index is 1.61.